The molecule has 0 unspecified atom stereocenters. The van der Waals surface area contributed by atoms with Gasteiger partial charge in [-0.15, -0.1) is 0 Å². The van der Waals surface area contributed by atoms with Crippen molar-refractivity contribution in [2.45, 2.75) is 13.0 Å². The first-order valence-electron chi connectivity index (χ1n) is 8.80. The SMILES string of the molecule is COC(=O)C(Cc1ccc(OC(=O)NCc2ccc(OC)cc2)cc1)C(=O)OC. The number of carbonyl (C=O) groups is 3. The molecule has 1 amide bonds. The maximum absolute atomic E-state index is 11.9. The topological polar surface area (TPSA) is 100 Å². The highest BCUT2D eigenvalue weighted by Gasteiger charge is 2.28. The summed E-state index contributed by atoms with van der Waals surface area (Å²) >= 11 is 0. The number of benzene rings is 2. The molecule has 8 heteroatoms. The van der Waals surface area contributed by atoms with E-state index >= 15 is 0 Å². The van der Waals surface area contributed by atoms with Gasteiger partial charge in [-0.3, -0.25) is 9.59 Å². The lowest BCUT2D eigenvalue weighted by Crippen LogP contribution is -2.28. The molecule has 0 aromatic heterocycles. The minimum Gasteiger partial charge on any atom is -0.497 e. The Bertz CT molecular complexity index is 815. The van der Waals surface area contributed by atoms with Crippen molar-refractivity contribution >= 4 is 18.0 Å². The molecule has 0 saturated heterocycles. The second kappa shape index (κ2) is 10.7. The minimum absolute atomic E-state index is 0.114. The molecular formula is C21H23NO7. The second-order valence-corrected chi connectivity index (χ2v) is 6.04. The highest BCUT2D eigenvalue weighted by molar-refractivity contribution is 5.95. The van der Waals surface area contributed by atoms with Crippen molar-refractivity contribution in [3.05, 3.63) is 59.7 Å². The van der Waals surface area contributed by atoms with Crippen LogP contribution in [0.25, 0.3) is 0 Å². The number of ether oxygens (including phenoxy) is 4. The Morgan fingerprint density at radius 2 is 1.31 bits per heavy atom. The van der Waals surface area contributed by atoms with Crippen molar-refractivity contribution in [3.8, 4) is 11.5 Å². The molecule has 8 nitrogen and oxygen atoms in total. The molecule has 2 rings (SSSR count). The molecule has 0 aliphatic rings. The first kappa shape index (κ1) is 21.7. The van der Waals surface area contributed by atoms with E-state index in [0.29, 0.717) is 17.9 Å². The standard InChI is InChI=1S/C21H23NO7/c1-26-16-8-6-15(7-9-16)13-22-21(25)29-17-10-4-14(5-11-17)12-18(19(23)27-2)20(24)28-3/h4-11,18H,12-13H2,1-3H3,(H,22,25). The van der Waals surface area contributed by atoms with Crippen LogP contribution in [0.1, 0.15) is 11.1 Å². The summed E-state index contributed by atoms with van der Waals surface area (Å²) in [6.07, 6.45) is -0.487. The summed E-state index contributed by atoms with van der Waals surface area (Å²) in [7, 11) is 4.00. The summed E-state index contributed by atoms with van der Waals surface area (Å²) in [5.74, 6) is -1.33. The van der Waals surface area contributed by atoms with Gasteiger partial charge in [0, 0.05) is 6.54 Å². The van der Waals surface area contributed by atoms with E-state index in [-0.39, 0.29) is 6.42 Å². The van der Waals surface area contributed by atoms with Gasteiger partial charge in [-0.25, -0.2) is 4.79 Å². The fourth-order valence-corrected chi connectivity index (χ4v) is 2.54. The first-order valence-corrected chi connectivity index (χ1v) is 8.80. The number of methoxy groups -OCH3 is 3. The molecular weight excluding hydrogens is 378 g/mol. The lowest BCUT2D eigenvalue weighted by Gasteiger charge is -2.13. The average Bonchev–Trinajstić information content (AvgIpc) is 2.76. The highest BCUT2D eigenvalue weighted by atomic mass is 16.6. The van der Waals surface area contributed by atoms with Crippen LogP contribution < -0.4 is 14.8 Å². The highest BCUT2D eigenvalue weighted by Crippen LogP contribution is 2.17. The zero-order valence-corrected chi connectivity index (χ0v) is 16.5. The molecule has 2 aromatic rings. The van der Waals surface area contributed by atoms with Crippen molar-refractivity contribution in [1.29, 1.82) is 0 Å². The normalized spacial score (nSPS) is 10.2. The fraction of sp³-hybridized carbons (Fsp3) is 0.286. The number of hydrogen-bond donors (Lipinski definition) is 1. The van der Waals surface area contributed by atoms with E-state index in [4.69, 9.17) is 9.47 Å². The number of esters is 2. The maximum atomic E-state index is 11.9. The van der Waals surface area contributed by atoms with Gasteiger partial charge in [0.2, 0.25) is 0 Å². The molecule has 154 valence electrons. The molecule has 0 aliphatic carbocycles. The Morgan fingerprint density at radius 3 is 1.83 bits per heavy atom. The van der Waals surface area contributed by atoms with E-state index in [1.807, 2.05) is 12.1 Å². The molecule has 29 heavy (non-hydrogen) atoms. The van der Waals surface area contributed by atoms with Crippen LogP contribution in [0.4, 0.5) is 4.79 Å². The molecule has 2 aromatic carbocycles. The predicted molar refractivity (Wildman–Crippen MR) is 104 cm³/mol. The lowest BCUT2D eigenvalue weighted by atomic mass is 9.99. The molecule has 0 saturated carbocycles. The Hall–Kier alpha value is -3.55. The smallest absolute Gasteiger partial charge is 0.412 e. The average molecular weight is 401 g/mol. The predicted octanol–water partition coefficient (Wildman–Crippen LogP) is 2.49. The lowest BCUT2D eigenvalue weighted by molar-refractivity contribution is -0.158. The van der Waals surface area contributed by atoms with Crippen molar-refractivity contribution in [1.82, 2.24) is 5.32 Å². The number of nitrogens with one attached hydrogen (secondary N) is 1. The molecule has 0 atom stereocenters. The Morgan fingerprint density at radius 1 is 0.793 bits per heavy atom. The van der Waals surface area contributed by atoms with Gasteiger partial charge in [0.25, 0.3) is 0 Å². The van der Waals surface area contributed by atoms with Crippen molar-refractivity contribution < 1.29 is 33.3 Å². The summed E-state index contributed by atoms with van der Waals surface area (Å²) in [6.45, 7) is 0.306. The van der Waals surface area contributed by atoms with Crippen molar-refractivity contribution in [2.24, 2.45) is 5.92 Å². The summed E-state index contributed by atoms with van der Waals surface area (Å²) in [5, 5.41) is 2.65. The largest absolute Gasteiger partial charge is 0.497 e. The zero-order chi connectivity index (χ0) is 21.2. The van der Waals surface area contributed by atoms with E-state index < -0.39 is 23.9 Å². The number of carbonyl (C=O) groups excluding carboxylic acids is 3. The summed E-state index contributed by atoms with van der Waals surface area (Å²) in [5.41, 5.74) is 1.59. The molecule has 0 radical (unpaired) electrons. The van der Waals surface area contributed by atoms with E-state index in [2.05, 4.69) is 14.8 Å². The van der Waals surface area contributed by atoms with E-state index in [9.17, 15) is 14.4 Å². The molecule has 0 bridgehead atoms. The third-order valence-corrected chi connectivity index (χ3v) is 4.14. The van der Waals surface area contributed by atoms with Crippen LogP contribution >= 0.6 is 0 Å². The van der Waals surface area contributed by atoms with Crippen LogP contribution in [0, 0.1) is 5.92 Å². The third-order valence-electron chi connectivity index (χ3n) is 4.14. The number of amides is 1. The van der Waals surface area contributed by atoms with Gasteiger partial charge in [-0.05, 0) is 41.8 Å². The molecule has 0 spiro atoms. The number of hydrogen-bond acceptors (Lipinski definition) is 7. The van der Waals surface area contributed by atoms with Crippen LogP contribution in [0.15, 0.2) is 48.5 Å². The van der Waals surface area contributed by atoms with Gasteiger partial charge in [0.15, 0.2) is 5.92 Å². The quantitative estimate of drug-likeness (QED) is 0.536. The summed E-state index contributed by atoms with van der Waals surface area (Å²) < 4.78 is 19.6. The fourth-order valence-electron chi connectivity index (χ4n) is 2.54. The van der Waals surface area contributed by atoms with Gasteiger partial charge >= 0.3 is 18.0 Å². The van der Waals surface area contributed by atoms with E-state index in [1.54, 1.807) is 43.5 Å². The van der Waals surface area contributed by atoms with Gasteiger partial charge in [-0.2, -0.15) is 0 Å². The first-order chi connectivity index (χ1) is 14.0. The molecule has 0 aliphatic heterocycles. The Balaban J connectivity index is 1.89. The number of rotatable bonds is 8. The zero-order valence-electron chi connectivity index (χ0n) is 16.5. The third kappa shape index (κ3) is 6.53. The van der Waals surface area contributed by atoms with Crippen LogP contribution in [0.3, 0.4) is 0 Å². The van der Waals surface area contributed by atoms with Crippen LogP contribution in [-0.2, 0) is 32.0 Å². The van der Waals surface area contributed by atoms with Gasteiger partial charge in [-0.1, -0.05) is 24.3 Å². The van der Waals surface area contributed by atoms with Gasteiger partial charge in [0.05, 0.1) is 21.3 Å². The summed E-state index contributed by atoms with van der Waals surface area (Å²) in [4.78, 5) is 35.4. The maximum Gasteiger partial charge on any atom is 0.412 e. The van der Waals surface area contributed by atoms with Crippen LogP contribution in [-0.4, -0.2) is 39.4 Å². The Labute approximate surface area is 168 Å². The van der Waals surface area contributed by atoms with Crippen LogP contribution in [0.5, 0.6) is 11.5 Å². The minimum atomic E-state index is -1.05. The van der Waals surface area contributed by atoms with E-state index in [0.717, 1.165) is 11.3 Å². The van der Waals surface area contributed by atoms with E-state index in [1.165, 1.54) is 14.2 Å². The van der Waals surface area contributed by atoms with Gasteiger partial charge < -0.3 is 24.3 Å². The van der Waals surface area contributed by atoms with Crippen molar-refractivity contribution in [2.75, 3.05) is 21.3 Å². The monoisotopic (exact) mass is 401 g/mol. The van der Waals surface area contributed by atoms with Crippen molar-refractivity contribution in [3.63, 3.8) is 0 Å². The van der Waals surface area contributed by atoms with Crippen LogP contribution in [0.2, 0.25) is 0 Å². The Kier molecular flexibility index (Phi) is 8.02. The second-order valence-electron chi connectivity index (χ2n) is 6.04. The van der Waals surface area contributed by atoms with Gasteiger partial charge in [0.1, 0.15) is 11.5 Å². The summed E-state index contributed by atoms with van der Waals surface area (Å²) in [6, 6.07) is 13.8. The molecule has 0 heterocycles. The molecule has 1 N–H and O–H groups in total. The molecule has 0 fully saturated rings.